The van der Waals surface area contributed by atoms with Gasteiger partial charge in [0.1, 0.15) is 0 Å². The molecule has 0 spiro atoms. The van der Waals surface area contributed by atoms with Gasteiger partial charge in [-0.3, -0.25) is 4.79 Å². The van der Waals surface area contributed by atoms with E-state index in [-0.39, 0.29) is 11.5 Å². The number of carbonyl (C=O) groups excluding carboxylic acids is 1. The first-order valence-electron chi connectivity index (χ1n) is 6.14. The van der Waals surface area contributed by atoms with Crippen LogP contribution in [-0.2, 0) is 4.79 Å². The van der Waals surface area contributed by atoms with Gasteiger partial charge in [-0.2, -0.15) is 0 Å². The number of amides is 1. The van der Waals surface area contributed by atoms with Gasteiger partial charge in [-0.1, -0.05) is 13.8 Å². The molecular formula is C12H22N2O. The monoisotopic (exact) mass is 210 g/mol. The van der Waals surface area contributed by atoms with Crippen molar-refractivity contribution in [1.29, 1.82) is 0 Å². The van der Waals surface area contributed by atoms with E-state index in [2.05, 4.69) is 13.8 Å². The van der Waals surface area contributed by atoms with E-state index in [1.165, 1.54) is 0 Å². The molecule has 0 bridgehead atoms. The van der Waals surface area contributed by atoms with Crippen LogP contribution in [0.2, 0.25) is 0 Å². The van der Waals surface area contributed by atoms with Gasteiger partial charge >= 0.3 is 0 Å². The highest BCUT2D eigenvalue weighted by Gasteiger charge is 2.50. The van der Waals surface area contributed by atoms with Crippen molar-refractivity contribution >= 4 is 5.91 Å². The second kappa shape index (κ2) is 3.78. The van der Waals surface area contributed by atoms with Crippen LogP contribution in [0.4, 0.5) is 0 Å². The van der Waals surface area contributed by atoms with Crippen LogP contribution in [0.25, 0.3) is 0 Å². The number of carbonyl (C=O) groups is 1. The van der Waals surface area contributed by atoms with Gasteiger partial charge in [0, 0.05) is 24.5 Å². The first-order valence-corrected chi connectivity index (χ1v) is 6.14. The molecule has 3 heteroatoms. The molecule has 0 radical (unpaired) electrons. The summed E-state index contributed by atoms with van der Waals surface area (Å²) in [5.74, 6) is 0.846. The summed E-state index contributed by atoms with van der Waals surface area (Å²) in [5, 5.41) is 0. The fourth-order valence-corrected chi connectivity index (χ4v) is 2.55. The molecule has 2 atom stereocenters. The molecule has 1 saturated heterocycles. The largest absolute Gasteiger partial charge is 0.342 e. The van der Waals surface area contributed by atoms with Crippen LogP contribution in [0.3, 0.4) is 0 Å². The molecule has 0 aromatic carbocycles. The Labute approximate surface area is 92.0 Å². The zero-order valence-corrected chi connectivity index (χ0v) is 9.83. The molecular weight excluding hydrogens is 188 g/mol. The number of likely N-dealkylation sites (tertiary alicyclic amines) is 1. The molecule has 2 N–H and O–H groups in total. The maximum absolute atomic E-state index is 12.3. The van der Waals surface area contributed by atoms with Gasteiger partial charge in [0.15, 0.2) is 0 Å². The maximum Gasteiger partial charge on any atom is 0.228 e. The molecule has 2 aliphatic rings. The number of nitrogens with two attached hydrogens (primary N) is 1. The Balaban J connectivity index is 1.97. The third-order valence-corrected chi connectivity index (χ3v) is 4.24. The lowest BCUT2D eigenvalue weighted by atomic mass is 9.92. The van der Waals surface area contributed by atoms with E-state index in [9.17, 15) is 4.79 Å². The third kappa shape index (κ3) is 1.89. The Bertz CT molecular complexity index is 260. The first kappa shape index (κ1) is 10.9. The third-order valence-electron chi connectivity index (χ3n) is 4.24. The van der Waals surface area contributed by atoms with Crippen LogP contribution >= 0.6 is 0 Å². The Kier molecular flexibility index (Phi) is 2.75. The smallest absolute Gasteiger partial charge is 0.228 e. The summed E-state index contributed by atoms with van der Waals surface area (Å²) in [6.07, 6.45) is 4.16. The van der Waals surface area contributed by atoms with E-state index < -0.39 is 0 Å². The Morgan fingerprint density at radius 3 is 2.67 bits per heavy atom. The number of hydrogen-bond acceptors (Lipinski definition) is 2. The highest BCUT2D eigenvalue weighted by atomic mass is 16.2. The summed E-state index contributed by atoms with van der Waals surface area (Å²) in [4.78, 5) is 14.3. The van der Waals surface area contributed by atoms with Crippen LogP contribution in [0.1, 0.15) is 39.5 Å². The molecule has 0 aromatic heterocycles. The Hall–Kier alpha value is -0.570. The fourth-order valence-electron chi connectivity index (χ4n) is 2.55. The maximum atomic E-state index is 12.3. The lowest BCUT2D eigenvalue weighted by molar-refractivity contribution is -0.139. The fraction of sp³-hybridized carbons (Fsp3) is 0.917. The second-order valence-corrected chi connectivity index (χ2v) is 5.31. The van der Waals surface area contributed by atoms with E-state index in [4.69, 9.17) is 5.73 Å². The van der Waals surface area contributed by atoms with Crippen LogP contribution < -0.4 is 5.73 Å². The van der Waals surface area contributed by atoms with Crippen molar-refractivity contribution in [2.75, 3.05) is 13.1 Å². The summed E-state index contributed by atoms with van der Waals surface area (Å²) < 4.78 is 0. The molecule has 2 unspecified atom stereocenters. The van der Waals surface area contributed by atoms with Gasteiger partial charge in [-0.15, -0.1) is 0 Å². The van der Waals surface area contributed by atoms with Crippen LogP contribution in [0.15, 0.2) is 0 Å². The Morgan fingerprint density at radius 2 is 2.20 bits per heavy atom. The summed E-state index contributed by atoms with van der Waals surface area (Å²) >= 11 is 0. The molecule has 15 heavy (non-hydrogen) atoms. The molecule has 1 heterocycles. The molecule has 3 nitrogen and oxygen atoms in total. The van der Waals surface area contributed by atoms with Gasteiger partial charge in [-0.25, -0.2) is 0 Å². The predicted molar refractivity (Wildman–Crippen MR) is 60.3 cm³/mol. The number of rotatable bonds is 2. The van der Waals surface area contributed by atoms with Crippen LogP contribution in [0.5, 0.6) is 0 Å². The highest BCUT2D eigenvalue weighted by molar-refractivity contribution is 5.85. The quantitative estimate of drug-likeness (QED) is 0.748. The van der Waals surface area contributed by atoms with E-state index in [0.29, 0.717) is 11.8 Å². The lowest BCUT2D eigenvalue weighted by Crippen LogP contribution is -2.50. The van der Waals surface area contributed by atoms with E-state index in [1.54, 1.807) is 0 Å². The number of nitrogens with zero attached hydrogens (tertiary/aromatic N) is 1. The van der Waals surface area contributed by atoms with Crippen molar-refractivity contribution in [2.24, 2.45) is 17.1 Å². The summed E-state index contributed by atoms with van der Waals surface area (Å²) in [6, 6.07) is 0.283. The molecule has 1 saturated carbocycles. The standard InChI is InChI=1S/C12H22N2O/c1-3-12(5-6-12)11(15)14-7-4-10(13)9(2)8-14/h9-10H,3-8,13H2,1-2H3. The van der Waals surface area contributed by atoms with Crippen molar-refractivity contribution < 1.29 is 4.79 Å². The number of piperidine rings is 1. The average Bonchev–Trinajstić information content (AvgIpc) is 3.02. The molecule has 2 rings (SSSR count). The van der Waals surface area contributed by atoms with E-state index in [1.807, 2.05) is 4.90 Å². The van der Waals surface area contributed by atoms with E-state index >= 15 is 0 Å². The minimum absolute atomic E-state index is 0.0289. The van der Waals surface area contributed by atoms with Crippen molar-refractivity contribution in [3.8, 4) is 0 Å². The minimum Gasteiger partial charge on any atom is -0.342 e. The molecule has 1 aliphatic heterocycles. The minimum atomic E-state index is 0.0289. The van der Waals surface area contributed by atoms with Crippen molar-refractivity contribution in [2.45, 2.75) is 45.6 Å². The van der Waals surface area contributed by atoms with Gasteiger partial charge in [-0.05, 0) is 31.6 Å². The molecule has 1 aliphatic carbocycles. The lowest BCUT2D eigenvalue weighted by Gasteiger charge is -2.37. The molecule has 0 aromatic rings. The highest BCUT2D eigenvalue weighted by Crippen LogP contribution is 2.50. The zero-order valence-electron chi connectivity index (χ0n) is 9.83. The van der Waals surface area contributed by atoms with Crippen molar-refractivity contribution in [1.82, 2.24) is 4.90 Å². The number of hydrogen-bond donors (Lipinski definition) is 1. The van der Waals surface area contributed by atoms with Gasteiger partial charge < -0.3 is 10.6 Å². The molecule has 2 fully saturated rings. The van der Waals surface area contributed by atoms with Crippen molar-refractivity contribution in [3.63, 3.8) is 0 Å². The second-order valence-electron chi connectivity index (χ2n) is 5.31. The SMILES string of the molecule is CCC1(C(=O)N2CCC(N)C(C)C2)CC1. The predicted octanol–water partition coefficient (Wildman–Crippen LogP) is 1.37. The van der Waals surface area contributed by atoms with Gasteiger partial charge in [0.2, 0.25) is 5.91 Å². The van der Waals surface area contributed by atoms with Gasteiger partial charge in [0.25, 0.3) is 0 Å². The first-order chi connectivity index (χ1) is 7.09. The average molecular weight is 210 g/mol. The van der Waals surface area contributed by atoms with E-state index in [0.717, 1.165) is 38.8 Å². The topological polar surface area (TPSA) is 46.3 Å². The van der Waals surface area contributed by atoms with Gasteiger partial charge in [0.05, 0.1) is 0 Å². The Morgan fingerprint density at radius 1 is 1.53 bits per heavy atom. The summed E-state index contributed by atoms with van der Waals surface area (Å²) in [7, 11) is 0. The zero-order chi connectivity index (χ0) is 11.1. The molecule has 86 valence electrons. The summed E-state index contributed by atoms with van der Waals surface area (Å²) in [5.41, 5.74) is 5.99. The van der Waals surface area contributed by atoms with Crippen LogP contribution in [0, 0.1) is 11.3 Å². The molecule has 1 amide bonds. The van der Waals surface area contributed by atoms with Crippen molar-refractivity contribution in [3.05, 3.63) is 0 Å². The normalized spacial score (nSPS) is 33.9. The van der Waals surface area contributed by atoms with Crippen LogP contribution in [-0.4, -0.2) is 29.9 Å². The summed E-state index contributed by atoms with van der Waals surface area (Å²) in [6.45, 7) is 6.01.